The molecule has 0 radical (unpaired) electrons. The van der Waals surface area contributed by atoms with Gasteiger partial charge in [0.15, 0.2) is 0 Å². The van der Waals surface area contributed by atoms with E-state index in [2.05, 4.69) is 5.32 Å². The zero-order chi connectivity index (χ0) is 17.4. The molecule has 0 aromatic heterocycles. The fourth-order valence-corrected chi connectivity index (χ4v) is 2.37. The Bertz CT molecular complexity index is 517. The van der Waals surface area contributed by atoms with E-state index >= 15 is 0 Å². The molecule has 5 heteroatoms. The first kappa shape index (κ1) is 19.0. The summed E-state index contributed by atoms with van der Waals surface area (Å²) in [6.07, 6.45) is 0. The van der Waals surface area contributed by atoms with Crippen LogP contribution in [0.3, 0.4) is 0 Å². The minimum absolute atomic E-state index is 0.270. The largest absolute Gasteiger partial charge is 0.496 e. The summed E-state index contributed by atoms with van der Waals surface area (Å²) in [5.74, 6) is 0.292. The molecule has 0 aliphatic carbocycles. The van der Waals surface area contributed by atoms with Crippen LogP contribution in [-0.2, 0) is 16.1 Å². The standard InChI is InChI=1S/C18H28N2O3/c1-13(2)11-20(12-14(3)4)18(22)17(21)19-10-15-8-6-7-9-16(15)23-5/h6-9,13-14H,10-12H2,1-5H3,(H,19,21). The molecule has 0 saturated heterocycles. The van der Waals surface area contributed by atoms with Gasteiger partial charge in [0.1, 0.15) is 5.75 Å². The molecule has 0 saturated carbocycles. The van der Waals surface area contributed by atoms with Crippen LogP contribution in [0.4, 0.5) is 0 Å². The molecule has 1 rings (SSSR count). The highest BCUT2D eigenvalue weighted by Gasteiger charge is 2.23. The number of hydrogen-bond donors (Lipinski definition) is 1. The maximum Gasteiger partial charge on any atom is 0.311 e. The molecule has 2 amide bonds. The Balaban J connectivity index is 2.68. The lowest BCUT2D eigenvalue weighted by atomic mass is 10.1. The van der Waals surface area contributed by atoms with Gasteiger partial charge in [0.25, 0.3) is 0 Å². The van der Waals surface area contributed by atoms with Crippen molar-refractivity contribution < 1.29 is 14.3 Å². The van der Waals surface area contributed by atoms with Gasteiger partial charge >= 0.3 is 11.8 Å². The number of nitrogens with zero attached hydrogens (tertiary/aromatic N) is 1. The normalized spacial score (nSPS) is 10.7. The lowest BCUT2D eigenvalue weighted by Crippen LogP contribution is -2.45. The summed E-state index contributed by atoms with van der Waals surface area (Å²) in [7, 11) is 1.58. The van der Waals surface area contributed by atoms with Crippen molar-refractivity contribution >= 4 is 11.8 Å². The first-order valence-corrected chi connectivity index (χ1v) is 8.04. The van der Waals surface area contributed by atoms with Crippen LogP contribution in [0.15, 0.2) is 24.3 Å². The molecule has 0 atom stereocenters. The van der Waals surface area contributed by atoms with E-state index in [0.29, 0.717) is 30.7 Å². The van der Waals surface area contributed by atoms with Gasteiger partial charge < -0.3 is 15.0 Å². The summed E-state index contributed by atoms with van der Waals surface area (Å²) in [5.41, 5.74) is 0.843. The smallest absolute Gasteiger partial charge is 0.311 e. The molecule has 5 nitrogen and oxygen atoms in total. The number of carbonyl (C=O) groups is 2. The molecule has 0 spiro atoms. The lowest BCUT2D eigenvalue weighted by Gasteiger charge is -2.25. The average Bonchev–Trinajstić information content (AvgIpc) is 2.50. The zero-order valence-electron chi connectivity index (χ0n) is 14.8. The summed E-state index contributed by atoms with van der Waals surface area (Å²) < 4.78 is 5.24. The second-order valence-electron chi connectivity index (χ2n) is 6.49. The quantitative estimate of drug-likeness (QED) is 0.785. The minimum atomic E-state index is -0.572. The van der Waals surface area contributed by atoms with Crippen molar-refractivity contribution in [2.75, 3.05) is 20.2 Å². The molecule has 1 N–H and O–H groups in total. The average molecular weight is 320 g/mol. The number of nitrogens with one attached hydrogen (secondary N) is 1. The third-order valence-electron chi connectivity index (χ3n) is 3.28. The maximum absolute atomic E-state index is 12.4. The van der Waals surface area contributed by atoms with E-state index in [1.807, 2.05) is 52.0 Å². The van der Waals surface area contributed by atoms with Crippen molar-refractivity contribution in [2.45, 2.75) is 34.2 Å². The highest BCUT2D eigenvalue weighted by atomic mass is 16.5. The topological polar surface area (TPSA) is 58.6 Å². The minimum Gasteiger partial charge on any atom is -0.496 e. The van der Waals surface area contributed by atoms with Gasteiger partial charge in [-0.15, -0.1) is 0 Å². The van der Waals surface area contributed by atoms with Gasteiger partial charge in [-0.25, -0.2) is 0 Å². The molecule has 0 unspecified atom stereocenters. The number of para-hydroxylation sites is 1. The molecular weight excluding hydrogens is 292 g/mol. The fraction of sp³-hybridized carbons (Fsp3) is 0.556. The van der Waals surface area contributed by atoms with Crippen molar-refractivity contribution in [1.29, 1.82) is 0 Å². The number of benzene rings is 1. The molecule has 0 fully saturated rings. The lowest BCUT2D eigenvalue weighted by molar-refractivity contribution is -0.146. The van der Waals surface area contributed by atoms with E-state index in [1.165, 1.54) is 0 Å². The first-order chi connectivity index (χ1) is 10.8. The Morgan fingerprint density at radius 1 is 1.09 bits per heavy atom. The van der Waals surface area contributed by atoms with Crippen molar-refractivity contribution in [3.63, 3.8) is 0 Å². The Morgan fingerprint density at radius 3 is 2.17 bits per heavy atom. The number of ether oxygens (including phenoxy) is 1. The summed E-state index contributed by atoms with van der Waals surface area (Å²) in [5, 5.41) is 2.69. The third kappa shape index (κ3) is 6.30. The maximum atomic E-state index is 12.4. The monoisotopic (exact) mass is 320 g/mol. The molecule has 0 aliphatic heterocycles. The van der Waals surface area contributed by atoms with E-state index in [-0.39, 0.29) is 6.54 Å². The molecule has 23 heavy (non-hydrogen) atoms. The van der Waals surface area contributed by atoms with Gasteiger partial charge in [-0.2, -0.15) is 0 Å². The van der Waals surface area contributed by atoms with E-state index in [0.717, 1.165) is 5.56 Å². The van der Waals surface area contributed by atoms with E-state index in [4.69, 9.17) is 4.74 Å². The van der Waals surface area contributed by atoms with Crippen LogP contribution < -0.4 is 10.1 Å². The van der Waals surface area contributed by atoms with E-state index in [1.54, 1.807) is 12.0 Å². The first-order valence-electron chi connectivity index (χ1n) is 8.04. The van der Waals surface area contributed by atoms with Gasteiger partial charge in [-0.3, -0.25) is 9.59 Å². The van der Waals surface area contributed by atoms with E-state index < -0.39 is 11.8 Å². The highest BCUT2D eigenvalue weighted by molar-refractivity contribution is 6.34. The Labute approximate surface area is 139 Å². The third-order valence-corrected chi connectivity index (χ3v) is 3.28. The van der Waals surface area contributed by atoms with Crippen LogP contribution in [0.5, 0.6) is 5.75 Å². The SMILES string of the molecule is COc1ccccc1CNC(=O)C(=O)N(CC(C)C)CC(C)C. The van der Waals surface area contributed by atoms with Gasteiger partial charge in [-0.05, 0) is 17.9 Å². The molecule has 0 heterocycles. The van der Waals surface area contributed by atoms with Gasteiger partial charge in [-0.1, -0.05) is 45.9 Å². The molecule has 128 valence electrons. The molecule has 1 aromatic rings. The van der Waals surface area contributed by atoms with Gasteiger partial charge in [0.2, 0.25) is 0 Å². The fourth-order valence-electron chi connectivity index (χ4n) is 2.37. The summed E-state index contributed by atoms with van der Waals surface area (Å²) in [6, 6.07) is 7.43. The summed E-state index contributed by atoms with van der Waals surface area (Å²) in [4.78, 5) is 26.2. The van der Waals surface area contributed by atoms with Crippen LogP contribution >= 0.6 is 0 Å². The van der Waals surface area contributed by atoms with Crippen LogP contribution in [0, 0.1) is 11.8 Å². The number of methoxy groups -OCH3 is 1. The molecule has 1 aromatic carbocycles. The van der Waals surface area contributed by atoms with Crippen LogP contribution in [0.1, 0.15) is 33.3 Å². The van der Waals surface area contributed by atoms with Crippen LogP contribution in [0.25, 0.3) is 0 Å². The predicted molar refractivity (Wildman–Crippen MR) is 91.1 cm³/mol. The molecule has 0 aliphatic rings. The van der Waals surface area contributed by atoms with Crippen molar-refractivity contribution in [2.24, 2.45) is 11.8 Å². The van der Waals surface area contributed by atoms with Crippen molar-refractivity contribution in [3.05, 3.63) is 29.8 Å². The summed E-state index contributed by atoms with van der Waals surface area (Å²) in [6.45, 7) is 9.57. The van der Waals surface area contributed by atoms with Crippen LogP contribution in [-0.4, -0.2) is 36.9 Å². The summed E-state index contributed by atoms with van der Waals surface area (Å²) >= 11 is 0. The van der Waals surface area contributed by atoms with Gasteiger partial charge in [0, 0.05) is 25.2 Å². The molecular formula is C18H28N2O3. The Hall–Kier alpha value is -2.04. The predicted octanol–water partition coefficient (Wildman–Crippen LogP) is 2.45. The zero-order valence-corrected chi connectivity index (χ0v) is 14.8. The number of rotatable bonds is 7. The van der Waals surface area contributed by atoms with Crippen molar-refractivity contribution in [1.82, 2.24) is 10.2 Å². The number of carbonyl (C=O) groups excluding carboxylic acids is 2. The van der Waals surface area contributed by atoms with E-state index in [9.17, 15) is 9.59 Å². The van der Waals surface area contributed by atoms with Gasteiger partial charge in [0.05, 0.1) is 7.11 Å². The molecule has 0 bridgehead atoms. The highest BCUT2D eigenvalue weighted by Crippen LogP contribution is 2.16. The van der Waals surface area contributed by atoms with Crippen molar-refractivity contribution in [3.8, 4) is 5.75 Å². The van der Waals surface area contributed by atoms with Crippen LogP contribution in [0.2, 0.25) is 0 Å². The number of amides is 2. The Kier molecular flexibility index (Phi) is 7.59. The number of hydrogen-bond acceptors (Lipinski definition) is 3. The Morgan fingerprint density at radius 2 is 1.65 bits per heavy atom. The second kappa shape index (κ2) is 9.18. The second-order valence-corrected chi connectivity index (χ2v) is 6.49.